The van der Waals surface area contributed by atoms with Gasteiger partial charge in [0, 0.05) is 13.1 Å². The van der Waals surface area contributed by atoms with Gasteiger partial charge in [-0.1, -0.05) is 0 Å². The fourth-order valence-corrected chi connectivity index (χ4v) is 6.01. The monoisotopic (exact) mass is 291 g/mol. The van der Waals surface area contributed by atoms with Gasteiger partial charge in [0.2, 0.25) is 5.91 Å². The number of nitrogens with zero attached hydrogens (tertiary/aromatic N) is 1. The first-order chi connectivity index (χ1) is 10.1. The molecule has 4 bridgehead atoms. The normalized spacial score (nSPS) is 44.1. The molecule has 1 heterocycles. The Morgan fingerprint density at radius 2 is 1.62 bits per heavy atom. The summed E-state index contributed by atoms with van der Waals surface area (Å²) in [7, 11) is 1.44. The minimum Gasteiger partial charge on any atom is -0.469 e. The van der Waals surface area contributed by atoms with Crippen molar-refractivity contribution in [3.8, 4) is 0 Å². The van der Waals surface area contributed by atoms with Crippen LogP contribution in [0.3, 0.4) is 0 Å². The lowest BCUT2D eigenvalue weighted by Gasteiger charge is -2.56. The van der Waals surface area contributed by atoms with Crippen LogP contribution < -0.4 is 0 Å². The molecule has 1 atom stereocenters. The van der Waals surface area contributed by atoms with E-state index < -0.39 is 0 Å². The first-order valence-electron chi connectivity index (χ1n) is 8.47. The van der Waals surface area contributed by atoms with Crippen molar-refractivity contribution in [1.29, 1.82) is 0 Å². The van der Waals surface area contributed by atoms with Gasteiger partial charge in [0.15, 0.2) is 0 Å². The number of likely N-dealkylation sites (tertiary alicyclic amines) is 1. The van der Waals surface area contributed by atoms with Gasteiger partial charge in [-0.25, -0.2) is 0 Å². The topological polar surface area (TPSA) is 46.6 Å². The largest absolute Gasteiger partial charge is 0.469 e. The van der Waals surface area contributed by atoms with E-state index in [2.05, 4.69) is 0 Å². The maximum absolute atomic E-state index is 13.1. The molecule has 0 spiro atoms. The number of amides is 1. The van der Waals surface area contributed by atoms with Crippen molar-refractivity contribution in [3.05, 3.63) is 0 Å². The third-order valence-electron chi connectivity index (χ3n) is 6.50. The quantitative estimate of drug-likeness (QED) is 0.733. The molecule has 5 fully saturated rings. The summed E-state index contributed by atoms with van der Waals surface area (Å²) in [6, 6.07) is 0. The van der Waals surface area contributed by atoms with Crippen LogP contribution in [-0.2, 0) is 14.3 Å². The highest BCUT2D eigenvalue weighted by molar-refractivity contribution is 5.84. The van der Waals surface area contributed by atoms with E-state index in [0.29, 0.717) is 12.5 Å². The van der Waals surface area contributed by atoms with Gasteiger partial charge >= 0.3 is 5.97 Å². The molecule has 4 saturated carbocycles. The summed E-state index contributed by atoms with van der Waals surface area (Å²) in [5.74, 6) is 2.47. The van der Waals surface area contributed by atoms with Crippen LogP contribution in [0.1, 0.15) is 44.9 Å². The van der Waals surface area contributed by atoms with Crippen molar-refractivity contribution in [2.45, 2.75) is 44.9 Å². The second-order valence-corrected chi connectivity index (χ2v) is 7.96. The fourth-order valence-electron chi connectivity index (χ4n) is 6.01. The third kappa shape index (κ3) is 2.09. The van der Waals surface area contributed by atoms with Gasteiger partial charge in [-0.2, -0.15) is 0 Å². The number of carbonyl (C=O) groups is 2. The van der Waals surface area contributed by atoms with E-state index in [-0.39, 0.29) is 17.3 Å². The van der Waals surface area contributed by atoms with Crippen LogP contribution in [0.2, 0.25) is 0 Å². The Kier molecular flexibility index (Phi) is 3.05. The molecule has 1 aliphatic heterocycles. The number of hydrogen-bond donors (Lipinski definition) is 0. The first-order valence-corrected chi connectivity index (χ1v) is 8.47. The summed E-state index contributed by atoms with van der Waals surface area (Å²) >= 11 is 0. The maximum atomic E-state index is 13.1. The Morgan fingerprint density at radius 1 is 1.05 bits per heavy atom. The number of esters is 1. The van der Waals surface area contributed by atoms with Crippen molar-refractivity contribution in [2.24, 2.45) is 29.1 Å². The second kappa shape index (κ2) is 4.72. The Morgan fingerprint density at radius 3 is 2.14 bits per heavy atom. The van der Waals surface area contributed by atoms with Gasteiger partial charge in [-0.15, -0.1) is 0 Å². The molecule has 5 rings (SSSR count). The van der Waals surface area contributed by atoms with Crippen LogP contribution in [0.15, 0.2) is 0 Å². The van der Waals surface area contributed by atoms with Crippen molar-refractivity contribution in [2.75, 3.05) is 20.2 Å². The van der Waals surface area contributed by atoms with Gasteiger partial charge in [0.1, 0.15) is 0 Å². The predicted molar refractivity (Wildman–Crippen MR) is 77.3 cm³/mol. The zero-order valence-electron chi connectivity index (χ0n) is 12.8. The second-order valence-electron chi connectivity index (χ2n) is 7.96. The van der Waals surface area contributed by atoms with Gasteiger partial charge < -0.3 is 9.64 Å². The zero-order valence-corrected chi connectivity index (χ0v) is 12.8. The number of hydrogen-bond acceptors (Lipinski definition) is 3. The van der Waals surface area contributed by atoms with E-state index in [1.54, 1.807) is 0 Å². The molecule has 4 heteroatoms. The first kappa shape index (κ1) is 13.6. The van der Waals surface area contributed by atoms with E-state index >= 15 is 0 Å². The van der Waals surface area contributed by atoms with Crippen LogP contribution in [0.25, 0.3) is 0 Å². The highest BCUT2D eigenvalue weighted by Crippen LogP contribution is 2.60. The molecule has 0 radical (unpaired) electrons. The molecule has 5 aliphatic rings. The molecule has 0 aromatic rings. The molecule has 116 valence electrons. The molecule has 1 unspecified atom stereocenters. The van der Waals surface area contributed by atoms with E-state index in [0.717, 1.165) is 50.0 Å². The summed E-state index contributed by atoms with van der Waals surface area (Å²) in [6.07, 6.45) is 8.17. The molecule has 0 aromatic heterocycles. The summed E-state index contributed by atoms with van der Waals surface area (Å²) < 4.78 is 4.83. The highest BCUT2D eigenvalue weighted by Gasteiger charge is 2.56. The molecule has 21 heavy (non-hydrogen) atoms. The van der Waals surface area contributed by atoms with Gasteiger partial charge in [0.25, 0.3) is 0 Å². The molecule has 4 nitrogen and oxygen atoms in total. The van der Waals surface area contributed by atoms with Crippen molar-refractivity contribution >= 4 is 11.9 Å². The molecule has 4 aliphatic carbocycles. The third-order valence-corrected chi connectivity index (χ3v) is 6.50. The average molecular weight is 291 g/mol. The van der Waals surface area contributed by atoms with E-state index in [9.17, 15) is 9.59 Å². The molecule has 0 aromatic carbocycles. The molecular weight excluding hydrogens is 266 g/mol. The lowest BCUT2D eigenvalue weighted by Crippen LogP contribution is -2.54. The van der Waals surface area contributed by atoms with Crippen LogP contribution in [-0.4, -0.2) is 37.0 Å². The van der Waals surface area contributed by atoms with Crippen LogP contribution in [0.5, 0.6) is 0 Å². The van der Waals surface area contributed by atoms with Crippen molar-refractivity contribution in [1.82, 2.24) is 4.90 Å². The minimum absolute atomic E-state index is 0.0697. The fraction of sp³-hybridized carbons (Fsp3) is 0.882. The van der Waals surface area contributed by atoms with Crippen LogP contribution in [0.4, 0.5) is 0 Å². The smallest absolute Gasteiger partial charge is 0.310 e. The lowest BCUT2D eigenvalue weighted by molar-refractivity contribution is -0.157. The highest BCUT2D eigenvalue weighted by atomic mass is 16.5. The Labute approximate surface area is 126 Å². The zero-order chi connectivity index (χ0) is 14.6. The molecular formula is C17H25NO3. The lowest BCUT2D eigenvalue weighted by atomic mass is 9.49. The van der Waals surface area contributed by atoms with Crippen molar-refractivity contribution in [3.63, 3.8) is 0 Å². The molecule has 1 saturated heterocycles. The number of rotatable bonds is 2. The standard InChI is InChI=1S/C17H25NO3/c1-21-15(19)14-2-3-18(10-14)16(20)17-7-11-4-12(8-17)6-13(5-11)9-17/h11-14H,2-10H2,1H3. The van der Waals surface area contributed by atoms with Gasteiger partial charge in [-0.3, -0.25) is 9.59 Å². The number of carbonyl (C=O) groups excluding carboxylic acids is 2. The van der Waals surface area contributed by atoms with Crippen LogP contribution in [0, 0.1) is 29.1 Å². The SMILES string of the molecule is COC(=O)C1CCN(C(=O)C23CC4CC(CC(C4)C2)C3)C1. The van der Waals surface area contributed by atoms with E-state index in [4.69, 9.17) is 4.74 Å². The predicted octanol–water partition coefficient (Wildman–Crippen LogP) is 2.22. The summed E-state index contributed by atoms with van der Waals surface area (Å²) in [5, 5.41) is 0. The Bertz CT molecular complexity index is 437. The molecule has 0 N–H and O–H groups in total. The number of methoxy groups -OCH3 is 1. The van der Waals surface area contributed by atoms with Gasteiger partial charge in [0.05, 0.1) is 18.4 Å². The Hall–Kier alpha value is -1.06. The average Bonchev–Trinajstić information content (AvgIpc) is 2.93. The summed E-state index contributed by atoms with van der Waals surface area (Å²) in [6.45, 7) is 1.31. The van der Waals surface area contributed by atoms with Crippen molar-refractivity contribution < 1.29 is 14.3 Å². The Balaban J connectivity index is 1.49. The number of ether oxygens (including phenoxy) is 1. The van der Waals surface area contributed by atoms with Crippen LogP contribution >= 0.6 is 0 Å². The summed E-state index contributed by atoms with van der Waals surface area (Å²) in [5.41, 5.74) is -0.0697. The van der Waals surface area contributed by atoms with Gasteiger partial charge in [-0.05, 0) is 62.7 Å². The molecule has 1 amide bonds. The maximum Gasteiger partial charge on any atom is 0.310 e. The summed E-state index contributed by atoms with van der Waals surface area (Å²) in [4.78, 5) is 26.8. The minimum atomic E-state index is -0.157. The van der Waals surface area contributed by atoms with E-state index in [1.165, 1.54) is 26.4 Å². The van der Waals surface area contributed by atoms with E-state index in [1.807, 2.05) is 4.90 Å².